The molecule has 1 fully saturated rings. The van der Waals surface area contributed by atoms with Crippen molar-refractivity contribution in [2.75, 3.05) is 0 Å². The summed E-state index contributed by atoms with van der Waals surface area (Å²) in [5, 5.41) is 11.3. The molecule has 4 aliphatic carbocycles. The maximum Gasteiger partial charge on any atom is 0.156 e. The molecule has 1 N–H and O–H groups in total. The number of rotatable bonds is 1. The van der Waals surface area contributed by atoms with Crippen LogP contribution in [0.5, 0.6) is 0 Å². The third-order valence-corrected chi connectivity index (χ3v) is 7.11. The van der Waals surface area contributed by atoms with Crippen molar-refractivity contribution in [2.24, 2.45) is 17.3 Å². The van der Waals surface area contributed by atoms with E-state index in [2.05, 4.69) is 30.9 Å². The minimum Gasteiger partial charge on any atom is -0.388 e. The second kappa shape index (κ2) is 5.46. The second-order valence-corrected chi connectivity index (χ2v) is 8.11. The van der Waals surface area contributed by atoms with Gasteiger partial charge < -0.3 is 5.11 Å². The number of fused-ring (bicyclic) bond motifs is 4. The Balaban J connectivity index is 1.76. The number of ketones is 1. The second-order valence-electron chi connectivity index (χ2n) is 8.11. The van der Waals surface area contributed by atoms with Crippen LogP contribution in [0.4, 0.5) is 0 Å². The Labute approximate surface area is 144 Å². The van der Waals surface area contributed by atoms with E-state index in [1.165, 1.54) is 16.7 Å². The molecule has 0 heterocycles. The predicted octanol–water partition coefficient (Wildman–Crippen LogP) is 4.11. The van der Waals surface area contributed by atoms with E-state index in [0.29, 0.717) is 24.7 Å². The first-order chi connectivity index (χ1) is 11.5. The first-order valence-electron chi connectivity index (χ1n) is 9.26. The van der Waals surface area contributed by atoms with Gasteiger partial charge in [-0.05, 0) is 73.7 Å². The molecule has 0 radical (unpaired) electrons. The maximum atomic E-state index is 11.7. The van der Waals surface area contributed by atoms with Crippen molar-refractivity contribution in [1.29, 1.82) is 0 Å². The molecule has 24 heavy (non-hydrogen) atoms. The molecule has 0 spiro atoms. The maximum absolute atomic E-state index is 11.7. The van der Waals surface area contributed by atoms with Crippen molar-refractivity contribution < 1.29 is 9.90 Å². The van der Waals surface area contributed by atoms with Crippen LogP contribution in [0, 0.1) is 29.1 Å². The van der Waals surface area contributed by atoms with Gasteiger partial charge in [-0.15, -0.1) is 11.8 Å². The minimum atomic E-state index is -0.702. The number of carbonyl (C=O) groups excluding carboxylic acids is 1. The number of carbonyl (C=O) groups is 1. The number of hydrogen-bond donors (Lipinski definition) is 1. The third-order valence-electron chi connectivity index (χ3n) is 7.11. The molecule has 0 aromatic carbocycles. The Morgan fingerprint density at radius 3 is 2.92 bits per heavy atom. The van der Waals surface area contributed by atoms with Crippen molar-refractivity contribution in [3.05, 3.63) is 34.9 Å². The Morgan fingerprint density at radius 1 is 1.29 bits per heavy atom. The molecule has 2 heteroatoms. The van der Waals surface area contributed by atoms with Gasteiger partial charge in [-0.2, -0.15) is 0 Å². The quantitative estimate of drug-likeness (QED) is 0.738. The van der Waals surface area contributed by atoms with Gasteiger partial charge in [0.1, 0.15) is 0 Å². The molecule has 1 unspecified atom stereocenters. The molecule has 4 rings (SSSR count). The van der Waals surface area contributed by atoms with Gasteiger partial charge in [0.2, 0.25) is 0 Å². The molecule has 0 amide bonds. The summed E-state index contributed by atoms with van der Waals surface area (Å²) in [6, 6.07) is 0. The lowest BCUT2D eigenvalue weighted by molar-refractivity contribution is -0.114. The first-order valence-corrected chi connectivity index (χ1v) is 9.26. The SMILES string of the molecule is CC#CCC1(O)CC[C@H]2[C@@H]3CCC4=CC(=O)CCC4=C3C=C[C@@]21C. The molecule has 0 aliphatic heterocycles. The van der Waals surface area contributed by atoms with Crippen LogP contribution in [-0.2, 0) is 4.79 Å². The highest BCUT2D eigenvalue weighted by atomic mass is 16.3. The highest BCUT2D eigenvalue weighted by Crippen LogP contribution is 2.61. The fourth-order valence-corrected chi connectivity index (χ4v) is 5.63. The topological polar surface area (TPSA) is 37.3 Å². The summed E-state index contributed by atoms with van der Waals surface area (Å²) in [6.07, 6.45) is 12.6. The Bertz CT molecular complexity index is 742. The van der Waals surface area contributed by atoms with E-state index in [1.54, 1.807) is 0 Å². The number of hydrogen-bond acceptors (Lipinski definition) is 2. The van der Waals surface area contributed by atoms with Crippen molar-refractivity contribution in [2.45, 2.75) is 64.4 Å². The monoisotopic (exact) mass is 322 g/mol. The lowest BCUT2D eigenvalue weighted by Gasteiger charge is -2.48. The smallest absolute Gasteiger partial charge is 0.156 e. The van der Waals surface area contributed by atoms with Crippen molar-refractivity contribution in [3.63, 3.8) is 0 Å². The van der Waals surface area contributed by atoms with E-state index < -0.39 is 5.60 Å². The zero-order valence-corrected chi connectivity index (χ0v) is 14.7. The summed E-state index contributed by atoms with van der Waals surface area (Å²) < 4.78 is 0. The Kier molecular flexibility index (Phi) is 3.62. The van der Waals surface area contributed by atoms with E-state index in [1.807, 2.05) is 13.0 Å². The highest BCUT2D eigenvalue weighted by molar-refractivity contribution is 5.93. The fourth-order valence-electron chi connectivity index (χ4n) is 5.63. The zero-order chi connectivity index (χ0) is 16.9. The molecule has 0 aromatic rings. The largest absolute Gasteiger partial charge is 0.388 e. The van der Waals surface area contributed by atoms with E-state index in [4.69, 9.17) is 0 Å². The van der Waals surface area contributed by atoms with Crippen LogP contribution in [-0.4, -0.2) is 16.5 Å². The highest BCUT2D eigenvalue weighted by Gasteiger charge is 2.58. The molecule has 1 saturated carbocycles. The molecule has 2 nitrogen and oxygen atoms in total. The average molecular weight is 322 g/mol. The van der Waals surface area contributed by atoms with E-state index in [0.717, 1.165) is 32.1 Å². The van der Waals surface area contributed by atoms with Gasteiger partial charge in [-0.3, -0.25) is 4.79 Å². The van der Waals surface area contributed by atoms with Crippen molar-refractivity contribution in [3.8, 4) is 11.8 Å². The summed E-state index contributed by atoms with van der Waals surface area (Å²) >= 11 is 0. The molecular formula is C22H26O2. The van der Waals surface area contributed by atoms with Gasteiger partial charge >= 0.3 is 0 Å². The lowest BCUT2D eigenvalue weighted by Crippen LogP contribution is -2.47. The number of aliphatic hydroxyl groups is 1. The van der Waals surface area contributed by atoms with Crippen LogP contribution >= 0.6 is 0 Å². The van der Waals surface area contributed by atoms with E-state index in [9.17, 15) is 9.90 Å². The van der Waals surface area contributed by atoms with E-state index in [-0.39, 0.29) is 11.2 Å². The van der Waals surface area contributed by atoms with Gasteiger partial charge in [0.25, 0.3) is 0 Å². The fraction of sp³-hybridized carbons (Fsp3) is 0.591. The molecule has 0 aromatic heterocycles. The van der Waals surface area contributed by atoms with Gasteiger partial charge in [-0.1, -0.05) is 19.1 Å². The van der Waals surface area contributed by atoms with Crippen LogP contribution in [0.2, 0.25) is 0 Å². The molecule has 0 saturated heterocycles. The third kappa shape index (κ3) is 2.11. The Hall–Kier alpha value is -1.59. The molecule has 4 aliphatic rings. The lowest BCUT2D eigenvalue weighted by atomic mass is 9.58. The number of allylic oxidation sites excluding steroid dienone is 5. The zero-order valence-electron chi connectivity index (χ0n) is 14.7. The standard InChI is InChI=1S/C22H26O2/c1-3-4-11-22(24)13-10-20-19-7-5-15-14-16(23)6-8-17(15)18(19)9-12-21(20,22)2/h9,12,14,19-20,24H,5-8,10-11,13H2,1-2H3/t19-,20+,21+,22?/m1/s1. The van der Waals surface area contributed by atoms with Gasteiger partial charge in [0.15, 0.2) is 5.78 Å². The summed E-state index contributed by atoms with van der Waals surface area (Å²) in [5.41, 5.74) is 3.26. The first kappa shape index (κ1) is 15.9. The van der Waals surface area contributed by atoms with Gasteiger partial charge in [0, 0.05) is 18.3 Å². The van der Waals surface area contributed by atoms with Crippen molar-refractivity contribution >= 4 is 5.78 Å². The van der Waals surface area contributed by atoms with Crippen LogP contribution in [0.1, 0.15) is 58.8 Å². The molecule has 126 valence electrons. The normalized spacial score (nSPS) is 40.3. The summed E-state index contributed by atoms with van der Waals surface area (Å²) in [6.45, 7) is 4.08. The van der Waals surface area contributed by atoms with Crippen LogP contribution in [0.25, 0.3) is 0 Å². The molecule has 4 atom stereocenters. The molecular weight excluding hydrogens is 296 g/mol. The Morgan fingerprint density at radius 2 is 2.12 bits per heavy atom. The van der Waals surface area contributed by atoms with Crippen LogP contribution in [0.15, 0.2) is 34.9 Å². The van der Waals surface area contributed by atoms with Gasteiger partial charge in [0.05, 0.1) is 5.60 Å². The van der Waals surface area contributed by atoms with Crippen molar-refractivity contribution in [1.82, 2.24) is 0 Å². The summed E-state index contributed by atoms with van der Waals surface area (Å²) in [7, 11) is 0. The van der Waals surface area contributed by atoms with E-state index >= 15 is 0 Å². The minimum absolute atomic E-state index is 0.183. The molecule has 0 bridgehead atoms. The van der Waals surface area contributed by atoms with Crippen LogP contribution in [0.3, 0.4) is 0 Å². The summed E-state index contributed by atoms with van der Waals surface area (Å²) in [5.74, 6) is 7.37. The predicted molar refractivity (Wildman–Crippen MR) is 95.1 cm³/mol. The van der Waals surface area contributed by atoms with Crippen LogP contribution < -0.4 is 0 Å². The van der Waals surface area contributed by atoms with Gasteiger partial charge in [-0.25, -0.2) is 0 Å². The average Bonchev–Trinajstić information content (AvgIpc) is 2.84. The summed E-state index contributed by atoms with van der Waals surface area (Å²) in [4.78, 5) is 11.7.